The first kappa shape index (κ1) is 12.6. The molecular weight excluding hydrogens is 277 g/mol. The topological polar surface area (TPSA) is 12.0 Å². The lowest BCUT2D eigenvalue weighted by molar-refractivity contribution is 1.15. The molecule has 1 nitrogen and oxygen atoms in total. The third kappa shape index (κ3) is 3.29. The largest absolute Gasteiger partial charge is 0.379 e. The van der Waals surface area contributed by atoms with E-state index in [1.807, 2.05) is 30.3 Å². The predicted molar refractivity (Wildman–Crippen MR) is 75.2 cm³/mol. The van der Waals surface area contributed by atoms with E-state index in [0.29, 0.717) is 16.6 Å². The zero-order chi connectivity index (χ0) is 12.3. The van der Waals surface area contributed by atoms with E-state index in [-0.39, 0.29) is 0 Å². The molecule has 17 heavy (non-hydrogen) atoms. The van der Waals surface area contributed by atoms with Gasteiger partial charge in [-0.15, -0.1) is 0 Å². The van der Waals surface area contributed by atoms with E-state index < -0.39 is 0 Å². The molecule has 1 N–H and O–H groups in total. The minimum atomic E-state index is 0.611. The maximum Gasteiger partial charge on any atom is 0.0721 e. The molecule has 0 spiro atoms. The number of hydrogen-bond acceptors (Lipinski definition) is 1. The van der Waals surface area contributed by atoms with Crippen molar-refractivity contribution in [3.8, 4) is 0 Å². The molecule has 0 saturated carbocycles. The van der Waals surface area contributed by atoms with E-state index >= 15 is 0 Å². The lowest BCUT2D eigenvalue weighted by Gasteiger charge is -2.10. The first-order chi connectivity index (χ1) is 8.16. The highest BCUT2D eigenvalue weighted by Gasteiger charge is 2.04. The maximum absolute atomic E-state index is 6.05. The van der Waals surface area contributed by atoms with Gasteiger partial charge in [-0.05, 0) is 29.8 Å². The Morgan fingerprint density at radius 3 is 2.18 bits per heavy atom. The Bertz CT molecular complexity index is 506. The van der Waals surface area contributed by atoms with Crippen LogP contribution >= 0.6 is 34.8 Å². The number of anilines is 1. The summed E-state index contributed by atoms with van der Waals surface area (Å²) >= 11 is 18.0. The molecule has 4 heteroatoms. The van der Waals surface area contributed by atoms with Gasteiger partial charge in [-0.3, -0.25) is 0 Å². The van der Waals surface area contributed by atoms with Crippen LogP contribution in [0.15, 0.2) is 42.5 Å². The smallest absolute Gasteiger partial charge is 0.0721 e. The van der Waals surface area contributed by atoms with Gasteiger partial charge in [-0.1, -0.05) is 53.0 Å². The molecule has 0 heterocycles. The highest BCUT2D eigenvalue weighted by atomic mass is 35.5. The van der Waals surface area contributed by atoms with Crippen LogP contribution in [0.25, 0.3) is 0 Å². The van der Waals surface area contributed by atoms with E-state index in [4.69, 9.17) is 34.8 Å². The van der Waals surface area contributed by atoms with Crippen molar-refractivity contribution >= 4 is 40.5 Å². The summed E-state index contributed by atoms with van der Waals surface area (Å²) in [7, 11) is 0. The molecule has 2 aromatic rings. The first-order valence-electron chi connectivity index (χ1n) is 5.09. The van der Waals surface area contributed by atoms with Gasteiger partial charge in [0.1, 0.15) is 0 Å². The van der Waals surface area contributed by atoms with Gasteiger partial charge >= 0.3 is 0 Å². The summed E-state index contributed by atoms with van der Waals surface area (Å²) in [6.45, 7) is 0.629. The van der Waals surface area contributed by atoms with Gasteiger partial charge in [-0.2, -0.15) is 0 Å². The molecule has 0 radical (unpaired) electrons. The summed E-state index contributed by atoms with van der Waals surface area (Å²) in [5, 5.41) is 5.14. The van der Waals surface area contributed by atoms with E-state index in [1.165, 1.54) is 0 Å². The minimum Gasteiger partial charge on any atom is -0.379 e. The van der Waals surface area contributed by atoms with Crippen LogP contribution in [0.4, 0.5) is 5.69 Å². The molecule has 2 rings (SSSR count). The van der Waals surface area contributed by atoms with Gasteiger partial charge < -0.3 is 5.32 Å². The summed E-state index contributed by atoms with van der Waals surface area (Å²) < 4.78 is 0. The highest BCUT2D eigenvalue weighted by molar-refractivity contribution is 6.39. The molecular formula is C13H10Cl3N. The van der Waals surface area contributed by atoms with Crippen LogP contribution in [0, 0.1) is 0 Å². The van der Waals surface area contributed by atoms with Crippen molar-refractivity contribution in [2.75, 3.05) is 5.32 Å². The van der Waals surface area contributed by atoms with E-state index in [0.717, 1.165) is 16.3 Å². The third-order valence-electron chi connectivity index (χ3n) is 2.32. The van der Waals surface area contributed by atoms with Crippen LogP contribution in [0.1, 0.15) is 5.56 Å². The maximum atomic E-state index is 6.05. The van der Waals surface area contributed by atoms with Gasteiger partial charge in [0.25, 0.3) is 0 Å². The number of para-hydroxylation sites is 1. The molecule has 0 aliphatic heterocycles. The predicted octanol–water partition coefficient (Wildman–Crippen LogP) is 5.26. The zero-order valence-electron chi connectivity index (χ0n) is 8.88. The van der Waals surface area contributed by atoms with Crippen LogP contribution in [0.2, 0.25) is 15.1 Å². The molecule has 2 aromatic carbocycles. The fourth-order valence-corrected chi connectivity index (χ4v) is 2.25. The molecule has 0 aromatic heterocycles. The van der Waals surface area contributed by atoms with Crippen molar-refractivity contribution in [2.24, 2.45) is 0 Å². The summed E-state index contributed by atoms with van der Waals surface area (Å²) in [5.74, 6) is 0. The zero-order valence-corrected chi connectivity index (χ0v) is 11.2. The Balaban J connectivity index is 2.13. The second-order valence-electron chi connectivity index (χ2n) is 3.58. The molecule has 0 aliphatic rings. The fourth-order valence-electron chi connectivity index (χ4n) is 1.50. The van der Waals surface area contributed by atoms with E-state index in [2.05, 4.69) is 5.32 Å². The number of hydrogen-bond donors (Lipinski definition) is 1. The van der Waals surface area contributed by atoms with E-state index in [1.54, 1.807) is 12.1 Å². The highest BCUT2D eigenvalue weighted by Crippen LogP contribution is 2.30. The van der Waals surface area contributed by atoms with Crippen LogP contribution < -0.4 is 5.32 Å². The Kier molecular flexibility index (Phi) is 4.16. The number of halogens is 3. The molecule has 0 amide bonds. The van der Waals surface area contributed by atoms with Gasteiger partial charge in [0.15, 0.2) is 0 Å². The average molecular weight is 287 g/mol. The van der Waals surface area contributed by atoms with Crippen molar-refractivity contribution in [2.45, 2.75) is 6.54 Å². The SMILES string of the molecule is Clc1cccc(CNc2c(Cl)cccc2Cl)c1. The molecule has 0 aliphatic carbocycles. The van der Waals surface area contributed by atoms with E-state index in [9.17, 15) is 0 Å². The van der Waals surface area contributed by atoms with Gasteiger partial charge in [0, 0.05) is 11.6 Å². The van der Waals surface area contributed by atoms with Crippen LogP contribution in [0.5, 0.6) is 0 Å². The Morgan fingerprint density at radius 1 is 0.882 bits per heavy atom. The average Bonchev–Trinajstić information content (AvgIpc) is 2.28. The Labute approximate surface area is 115 Å². The normalized spacial score (nSPS) is 10.3. The second kappa shape index (κ2) is 5.63. The standard InChI is InChI=1S/C13H10Cl3N/c14-10-4-1-3-9(7-10)8-17-13-11(15)5-2-6-12(13)16/h1-7,17H,8H2. The van der Waals surface area contributed by atoms with Crippen LogP contribution in [-0.2, 0) is 6.54 Å². The molecule has 0 atom stereocenters. The summed E-state index contributed by atoms with van der Waals surface area (Å²) in [6.07, 6.45) is 0. The monoisotopic (exact) mass is 285 g/mol. The summed E-state index contributed by atoms with van der Waals surface area (Å²) in [5.41, 5.74) is 1.82. The number of rotatable bonds is 3. The van der Waals surface area contributed by atoms with Crippen molar-refractivity contribution in [3.05, 3.63) is 63.1 Å². The van der Waals surface area contributed by atoms with Crippen molar-refractivity contribution < 1.29 is 0 Å². The van der Waals surface area contributed by atoms with Gasteiger partial charge in [0.2, 0.25) is 0 Å². The van der Waals surface area contributed by atoms with Gasteiger partial charge in [-0.25, -0.2) is 0 Å². The second-order valence-corrected chi connectivity index (χ2v) is 4.83. The van der Waals surface area contributed by atoms with Crippen molar-refractivity contribution in [1.29, 1.82) is 0 Å². The number of nitrogens with one attached hydrogen (secondary N) is 1. The summed E-state index contributed by atoms with van der Waals surface area (Å²) in [4.78, 5) is 0. The number of benzene rings is 2. The van der Waals surface area contributed by atoms with Gasteiger partial charge in [0.05, 0.1) is 15.7 Å². The molecule has 88 valence electrons. The fraction of sp³-hybridized carbons (Fsp3) is 0.0769. The Hall–Kier alpha value is -0.890. The molecule has 0 saturated heterocycles. The molecule has 0 bridgehead atoms. The third-order valence-corrected chi connectivity index (χ3v) is 3.19. The van der Waals surface area contributed by atoms with Crippen molar-refractivity contribution in [1.82, 2.24) is 0 Å². The Morgan fingerprint density at radius 2 is 1.53 bits per heavy atom. The molecule has 0 unspecified atom stereocenters. The summed E-state index contributed by atoms with van der Waals surface area (Å²) in [6, 6.07) is 13.1. The van der Waals surface area contributed by atoms with Crippen LogP contribution in [0.3, 0.4) is 0 Å². The molecule has 0 fully saturated rings. The minimum absolute atomic E-state index is 0.611. The lowest BCUT2D eigenvalue weighted by Crippen LogP contribution is -2.00. The quantitative estimate of drug-likeness (QED) is 0.811. The lowest BCUT2D eigenvalue weighted by atomic mass is 10.2. The van der Waals surface area contributed by atoms with Crippen molar-refractivity contribution in [3.63, 3.8) is 0 Å². The van der Waals surface area contributed by atoms with Crippen LogP contribution in [-0.4, -0.2) is 0 Å². The first-order valence-corrected chi connectivity index (χ1v) is 6.22.